The highest BCUT2D eigenvalue weighted by Crippen LogP contribution is 2.17. The Hall–Kier alpha value is -1.67. The number of hydrogen-bond acceptors (Lipinski definition) is 5. The van der Waals surface area contributed by atoms with Gasteiger partial charge in [0, 0.05) is 19.6 Å². The van der Waals surface area contributed by atoms with E-state index in [4.69, 9.17) is 4.74 Å². The lowest BCUT2D eigenvalue weighted by Crippen LogP contribution is -2.42. The Morgan fingerprint density at radius 3 is 2.68 bits per heavy atom. The summed E-state index contributed by atoms with van der Waals surface area (Å²) in [5, 5.41) is 0. The van der Waals surface area contributed by atoms with Crippen molar-refractivity contribution in [2.24, 2.45) is 0 Å². The van der Waals surface area contributed by atoms with Crippen molar-refractivity contribution in [3.8, 4) is 5.75 Å². The first-order valence-electron chi connectivity index (χ1n) is 8.30. The quantitative estimate of drug-likeness (QED) is 0.641. The van der Waals surface area contributed by atoms with Gasteiger partial charge in [-0.3, -0.25) is 9.69 Å². The Labute approximate surface area is 148 Å². The second kappa shape index (κ2) is 8.62. The second-order valence-electron chi connectivity index (χ2n) is 6.42. The topological polar surface area (TPSA) is 66.9 Å². The molecule has 0 spiro atoms. The molecule has 2 rings (SSSR count). The summed E-state index contributed by atoms with van der Waals surface area (Å²) in [6.45, 7) is 0.990. The molecule has 1 aromatic rings. The molecule has 1 aromatic carbocycles. The molecule has 0 N–H and O–H groups in total. The Balaban J connectivity index is 1.69. The number of nitrogens with zero attached hydrogens (tertiary/aromatic N) is 2. The van der Waals surface area contributed by atoms with E-state index in [1.807, 2.05) is 0 Å². The fourth-order valence-electron chi connectivity index (χ4n) is 2.76. The van der Waals surface area contributed by atoms with E-state index in [0.717, 1.165) is 0 Å². The van der Waals surface area contributed by atoms with Crippen molar-refractivity contribution >= 4 is 15.7 Å². The van der Waals surface area contributed by atoms with Crippen LogP contribution in [0.1, 0.15) is 12.8 Å². The van der Waals surface area contributed by atoms with Crippen molar-refractivity contribution in [2.75, 3.05) is 45.3 Å². The molecule has 140 valence electrons. The smallest absolute Gasteiger partial charge is 0.236 e. The van der Waals surface area contributed by atoms with Crippen LogP contribution < -0.4 is 4.74 Å². The molecule has 0 bridgehead atoms. The maximum absolute atomic E-state index is 13.4. The third-order valence-corrected chi connectivity index (χ3v) is 6.12. The van der Waals surface area contributed by atoms with Crippen molar-refractivity contribution in [1.82, 2.24) is 9.80 Å². The van der Waals surface area contributed by atoms with Crippen molar-refractivity contribution in [2.45, 2.75) is 18.9 Å². The molecular weight excluding hydrogens is 347 g/mol. The Morgan fingerprint density at radius 2 is 2.04 bits per heavy atom. The SMILES string of the molecule is CN(CCCOc1ccccc1F)C(=O)CN(C)C1CCS(=O)(=O)C1. The fourth-order valence-corrected chi connectivity index (χ4v) is 4.56. The third kappa shape index (κ3) is 5.97. The summed E-state index contributed by atoms with van der Waals surface area (Å²) in [6, 6.07) is 6.11. The van der Waals surface area contributed by atoms with Gasteiger partial charge in [-0.2, -0.15) is 0 Å². The molecule has 1 fully saturated rings. The van der Waals surface area contributed by atoms with E-state index >= 15 is 0 Å². The van der Waals surface area contributed by atoms with Gasteiger partial charge in [0.05, 0.1) is 24.7 Å². The predicted molar refractivity (Wildman–Crippen MR) is 93.8 cm³/mol. The molecule has 1 unspecified atom stereocenters. The number of amides is 1. The lowest BCUT2D eigenvalue weighted by atomic mass is 10.2. The predicted octanol–water partition coefficient (Wildman–Crippen LogP) is 1.17. The molecule has 1 atom stereocenters. The molecule has 0 radical (unpaired) electrons. The van der Waals surface area contributed by atoms with Crippen LogP contribution in [0.2, 0.25) is 0 Å². The molecule has 1 saturated heterocycles. The van der Waals surface area contributed by atoms with E-state index in [-0.39, 0.29) is 35.7 Å². The second-order valence-corrected chi connectivity index (χ2v) is 8.65. The van der Waals surface area contributed by atoms with Crippen molar-refractivity contribution in [3.63, 3.8) is 0 Å². The Bertz CT molecular complexity index is 696. The normalized spacial score (nSPS) is 19.1. The molecule has 0 aliphatic carbocycles. The number of rotatable bonds is 8. The number of para-hydroxylation sites is 1. The first-order valence-corrected chi connectivity index (χ1v) is 10.1. The number of hydrogen-bond donors (Lipinski definition) is 0. The van der Waals surface area contributed by atoms with Crippen LogP contribution in [0.15, 0.2) is 24.3 Å². The van der Waals surface area contributed by atoms with Gasteiger partial charge in [0.2, 0.25) is 5.91 Å². The molecule has 8 heteroatoms. The van der Waals surface area contributed by atoms with Gasteiger partial charge in [-0.15, -0.1) is 0 Å². The summed E-state index contributed by atoms with van der Waals surface area (Å²) in [4.78, 5) is 15.6. The summed E-state index contributed by atoms with van der Waals surface area (Å²) in [5.41, 5.74) is 0. The van der Waals surface area contributed by atoms with Gasteiger partial charge in [-0.1, -0.05) is 12.1 Å². The molecule has 1 aliphatic heterocycles. The van der Waals surface area contributed by atoms with Crippen LogP contribution in [-0.2, 0) is 14.6 Å². The summed E-state index contributed by atoms with van der Waals surface area (Å²) in [7, 11) is 0.518. The number of carbonyl (C=O) groups excluding carboxylic acids is 1. The minimum absolute atomic E-state index is 0.0716. The number of likely N-dealkylation sites (N-methyl/N-ethyl adjacent to an activating group) is 2. The lowest BCUT2D eigenvalue weighted by Gasteiger charge is -2.25. The molecular formula is C17H25FN2O4S. The van der Waals surface area contributed by atoms with Gasteiger partial charge >= 0.3 is 0 Å². The number of benzene rings is 1. The molecule has 1 amide bonds. The molecule has 0 aromatic heterocycles. The number of ether oxygens (including phenoxy) is 1. The maximum atomic E-state index is 13.4. The standard InChI is InChI=1S/C17H25FN2O4S/c1-19(9-5-10-24-16-7-4-3-6-15(16)18)17(21)12-20(2)14-8-11-25(22,23)13-14/h3-4,6-7,14H,5,8-13H2,1-2H3. The Morgan fingerprint density at radius 1 is 1.32 bits per heavy atom. The van der Waals surface area contributed by atoms with Gasteiger partial charge in [0.25, 0.3) is 0 Å². The van der Waals surface area contributed by atoms with E-state index in [1.54, 1.807) is 42.1 Å². The molecule has 25 heavy (non-hydrogen) atoms. The fraction of sp³-hybridized carbons (Fsp3) is 0.588. The van der Waals surface area contributed by atoms with Crippen LogP contribution in [0.4, 0.5) is 4.39 Å². The highest BCUT2D eigenvalue weighted by molar-refractivity contribution is 7.91. The summed E-state index contributed by atoms with van der Waals surface area (Å²) in [5.74, 6) is 0.0487. The van der Waals surface area contributed by atoms with Crippen LogP contribution in [0.5, 0.6) is 5.75 Å². The van der Waals surface area contributed by atoms with Crippen molar-refractivity contribution in [1.29, 1.82) is 0 Å². The Kier molecular flexibility index (Phi) is 6.78. The zero-order chi connectivity index (χ0) is 18.4. The summed E-state index contributed by atoms with van der Waals surface area (Å²) < 4.78 is 41.8. The van der Waals surface area contributed by atoms with Crippen molar-refractivity contribution < 1.29 is 22.3 Å². The lowest BCUT2D eigenvalue weighted by molar-refractivity contribution is -0.131. The first kappa shape index (κ1) is 19.7. The van der Waals surface area contributed by atoms with E-state index in [2.05, 4.69) is 0 Å². The maximum Gasteiger partial charge on any atom is 0.236 e. The average Bonchev–Trinajstić information content (AvgIpc) is 2.93. The summed E-state index contributed by atoms with van der Waals surface area (Å²) in [6.07, 6.45) is 1.16. The van der Waals surface area contributed by atoms with E-state index in [9.17, 15) is 17.6 Å². The van der Waals surface area contributed by atoms with Crippen LogP contribution >= 0.6 is 0 Å². The monoisotopic (exact) mass is 372 g/mol. The number of carbonyl (C=O) groups is 1. The molecule has 6 nitrogen and oxygen atoms in total. The number of sulfone groups is 1. The first-order chi connectivity index (χ1) is 11.8. The third-order valence-electron chi connectivity index (χ3n) is 4.37. The van der Waals surface area contributed by atoms with E-state index in [0.29, 0.717) is 26.0 Å². The van der Waals surface area contributed by atoms with Crippen LogP contribution in [0.3, 0.4) is 0 Å². The van der Waals surface area contributed by atoms with Gasteiger partial charge in [-0.25, -0.2) is 12.8 Å². The number of halogens is 1. The molecule has 0 saturated carbocycles. The highest BCUT2D eigenvalue weighted by atomic mass is 32.2. The van der Waals surface area contributed by atoms with Crippen LogP contribution in [0.25, 0.3) is 0 Å². The zero-order valence-electron chi connectivity index (χ0n) is 14.7. The van der Waals surface area contributed by atoms with Crippen LogP contribution in [-0.4, -0.2) is 75.5 Å². The van der Waals surface area contributed by atoms with Crippen molar-refractivity contribution in [3.05, 3.63) is 30.1 Å². The average molecular weight is 372 g/mol. The minimum Gasteiger partial charge on any atom is -0.490 e. The van der Waals surface area contributed by atoms with E-state index in [1.165, 1.54) is 6.07 Å². The van der Waals surface area contributed by atoms with Gasteiger partial charge in [0.15, 0.2) is 21.4 Å². The highest BCUT2D eigenvalue weighted by Gasteiger charge is 2.31. The van der Waals surface area contributed by atoms with Crippen LogP contribution in [0, 0.1) is 5.82 Å². The molecule has 1 aliphatic rings. The summed E-state index contributed by atoms with van der Waals surface area (Å²) >= 11 is 0. The van der Waals surface area contributed by atoms with E-state index < -0.39 is 15.7 Å². The zero-order valence-corrected chi connectivity index (χ0v) is 15.5. The van der Waals surface area contributed by atoms with Gasteiger partial charge in [-0.05, 0) is 32.0 Å². The minimum atomic E-state index is -2.96. The molecule has 1 heterocycles. The largest absolute Gasteiger partial charge is 0.490 e. The van der Waals surface area contributed by atoms with Gasteiger partial charge < -0.3 is 9.64 Å². The van der Waals surface area contributed by atoms with Gasteiger partial charge in [0.1, 0.15) is 0 Å².